The smallest absolute Gasteiger partial charge is 0.160 e. The molecule has 0 bridgehead atoms. The minimum atomic E-state index is 0.677. The Kier molecular flexibility index (Phi) is 6.46. The summed E-state index contributed by atoms with van der Waals surface area (Å²) in [4.78, 5) is 10.2. The van der Waals surface area contributed by atoms with Gasteiger partial charge in [0.1, 0.15) is 11.2 Å². The number of hydrogen-bond donors (Lipinski definition) is 0. The van der Waals surface area contributed by atoms with Gasteiger partial charge in [-0.2, -0.15) is 0 Å². The van der Waals surface area contributed by atoms with E-state index in [0.717, 1.165) is 61.1 Å². The molecule has 2 aromatic heterocycles. The van der Waals surface area contributed by atoms with Crippen molar-refractivity contribution in [1.29, 1.82) is 0 Å². The lowest BCUT2D eigenvalue weighted by molar-refractivity contribution is 0.670. The fourth-order valence-electron chi connectivity index (χ4n) is 6.64. The molecule has 0 unspecified atom stereocenters. The highest BCUT2D eigenvalue weighted by Crippen LogP contribution is 2.45. The van der Waals surface area contributed by atoms with Crippen LogP contribution >= 0.6 is 0 Å². The van der Waals surface area contributed by atoms with E-state index in [1.165, 1.54) is 21.9 Å². The zero-order valence-corrected chi connectivity index (χ0v) is 25.5. The molecule has 0 amide bonds. The van der Waals surface area contributed by atoms with E-state index in [1.807, 2.05) is 36.4 Å². The van der Waals surface area contributed by atoms with Crippen molar-refractivity contribution in [1.82, 2.24) is 9.97 Å². The van der Waals surface area contributed by atoms with Gasteiger partial charge < -0.3 is 4.42 Å². The Balaban J connectivity index is 1.34. The van der Waals surface area contributed by atoms with Gasteiger partial charge in [-0.1, -0.05) is 146 Å². The molecule has 9 rings (SSSR count). The van der Waals surface area contributed by atoms with Crippen molar-refractivity contribution in [2.45, 2.75) is 0 Å². The minimum Gasteiger partial charge on any atom is -0.455 e. The highest BCUT2D eigenvalue weighted by molar-refractivity contribution is 6.24. The highest BCUT2D eigenvalue weighted by Gasteiger charge is 2.21. The van der Waals surface area contributed by atoms with E-state index in [4.69, 9.17) is 14.4 Å². The second kappa shape index (κ2) is 11.2. The first kappa shape index (κ1) is 27.0. The largest absolute Gasteiger partial charge is 0.455 e. The van der Waals surface area contributed by atoms with Crippen molar-refractivity contribution < 1.29 is 4.42 Å². The molecule has 0 N–H and O–H groups in total. The maximum Gasteiger partial charge on any atom is 0.160 e. The number of rotatable bonds is 5. The van der Waals surface area contributed by atoms with Gasteiger partial charge in [0.2, 0.25) is 0 Å². The van der Waals surface area contributed by atoms with Crippen LogP contribution in [0.2, 0.25) is 0 Å². The van der Waals surface area contributed by atoms with Crippen molar-refractivity contribution in [3.63, 3.8) is 0 Å². The summed E-state index contributed by atoms with van der Waals surface area (Å²) in [5.41, 5.74) is 10.9. The normalized spacial score (nSPS) is 11.4. The van der Waals surface area contributed by atoms with Crippen molar-refractivity contribution in [2.24, 2.45) is 0 Å². The van der Waals surface area contributed by atoms with Gasteiger partial charge in [0.25, 0.3) is 0 Å². The van der Waals surface area contributed by atoms with Gasteiger partial charge in [0.15, 0.2) is 5.82 Å². The molecule has 3 heteroatoms. The molecular weight excluding hydrogens is 572 g/mol. The van der Waals surface area contributed by atoms with Crippen LogP contribution in [0.5, 0.6) is 0 Å². The molecule has 0 aliphatic carbocycles. The van der Waals surface area contributed by atoms with E-state index < -0.39 is 0 Å². The maximum absolute atomic E-state index is 6.85. The minimum absolute atomic E-state index is 0.677. The Labute approximate surface area is 272 Å². The SMILES string of the molecule is c1ccc(-c2cccc(-c3ccc(-c4cc(-c5ccccc5)nc(-c5ccccc5)n4)c4oc5ccc6ccccc6c5c34)c2)cc1. The van der Waals surface area contributed by atoms with Crippen LogP contribution in [0.4, 0.5) is 0 Å². The molecule has 0 radical (unpaired) electrons. The van der Waals surface area contributed by atoms with Crippen molar-refractivity contribution in [3.8, 4) is 56.2 Å². The fourth-order valence-corrected chi connectivity index (χ4v) is 6.64. The monoisotopic (exact) mass is 600 g/mol. The second-order valence-corrected chi connectivity index (χ2v) is 11.8. The zero-order chi connectivity index (χ0) is 31.2. The summed E-state index contributed by atoms with van der Waals surface area (Å²) >= 11 is 0. The molecular formula is C44H28N2O. The van der Waals surface area contributed by atoms with E-state index >= 15 is 0 Å². The van der Waals surface area contributed by atoms with Crippen LogP contribution in [0.25, 0.3) is 88.9 Å². The van der Waals surface area contributed by atoms with Gasteiger partial charge in [-0.05, 0) is 57.3 Å². The summed E-state index contributed by atoms with van der Waals surface area (Å²) in [6.07, 6.45) is 0. The first-order valence-corrected chi connectivity index (χ1v) is 15.8. The average Bonchev–Trinajstić information content (AvgIpc) is 3.56. The topological polar surface area (TPSA) is 38.9 Å². The molecule has 7 aromatic carbocycles. The third-order valence-corrected chi connectivity index (χ3v) is 8.89. The molecule has 0 saturated carbocycles. The average molecular weight is 601 g/mol. The summed E-state index contributed by atoms with van der Waals surface area (Å²) in [7, 11) is 0. The van der Waals surface area contributed by atoms with Crippen molar-refractivity contribution in [3.05, 3.63) is 170 Å². The van der Waals surface area contributed by atoms with Gasteiger partial charge in [0.05, 0.1) is 11.4 Å². The van der Waals surface area contributed by atoms with Crippen LogP contribution in [-0.2, 0) is 0 Å². The number of hydrogen-bond acceptors (Lipinski definition) is 3. The van der Waals surface area contributed by atoms with E-state index in [9.17, 15) is 0 Å². The third kappa shape index (κ3) is 4.77. The molecule has 0 atom stereocenters. The van der Waals surface area contributed by atoms with Crippen LogP contribution < -0.4 is 0 Å². The summed E-state index contributed by atoms with van der Waals surface area (Å²) in [6, 6.07) is 59.0. The Bertz CT molecular complexity index is 2500. The van der Waals surface area contributed by atoms with Gasteiger partial charge >= 0.3 is 0 Å². The second-order valence-electron chi connectivity index (χ2n) is 11.8. The quantitative estimate of drug-likeness (QED) is 0.197. The van der Waals surface area contributed by atoms with Crippen molar-refractivity contribution >= 4 is 32.7 Å². The van der Waals surface area contributed by atoms with E-state index in [0.29, 0.717) is 5.82 Å². The molecule has 220 valence electrons. The summed E-state index contributed by atoms with van der Waals surface area (Å²) < 4.78 is 6.85. The fraction of sp³-hybridized carbons (Fsp3) is 0. The molecule has 0 spiro atoms. The molecule has 3 nitrogen and oxygen atoms in total. The number of benzene rings is 7. The number of nitrogens with zero attached hydrogens (tertiary/aromatic N) is 2. The first-order chi connectivity index (χ1) is 23.3. The predicted octanol–water partition coefficient (Wildman–Crippen LogP) is 11.9. The molecule has 47 heavy (non-hydrogen) atoms. The van der Waals surface area contributed by atoms with Gasteiger partial charge in [0, 0.05) is 27.5 Å². The predicted molar refractivity (Wildman–Crippen MR) is 194 cm³/mol. The molecule has 0 saturated heterocycles. The Morgan fingerprint density at radius 3 is 1.79 bits per heavy atom. The molecule has 9 aromatic rings. The van der Waals surface area contributed by atoms with Crippen LogP contribution in [-0.4, -0.2) is 9.97 Å². The lowest BCUT2D eigenvalue weighted by Gasteiger charge is -2.12. The van der Waals surface area contributed by atoms with Crippen LogP contribution in [0.3, 0.4) is 0 Å². The Morgan fingerprint density at radius 2 is 1.00 bits per heavy atom. The van der Waals surface area contributed by atoms with E-state index in [1.54, 1.807) is 0 Å². The number of fused-ring (bicyclic) bond motifs is 5. The third-order valence-electron chi connectivity index (χ3n) is 8.89. The standard InChI is InChI=1S/C44H28N2O/c1-4-13-29(14-5-1)33-20-12-21-34(27-33)36-24-25-37(43-42(36)41-35-22-11-10-15-30(35)23-26-40(41)47-43)39-28-38(31-16-6-2-7-17-31)45-44(46-39)32-18-8-3-9-19-32/h1-28H. The number of aromatic nitrogens is 2. The first-order valence-electron chi connectivity index (χ1n) is 15.8. The van der Waals surface area contributed by atoms with Gasteiger partial charge in [-0.3, -0.25) is 0 Å². The van der Waals surface area contributed by atoms with E-state index in [2.05, 4.69) is 133 Å². The zero-order valence-electron chi connectivity index (χ0n) is 25.5. The van der Waals surface area contributed by atoms with Gasteiger partial charge in [-0.15, -0.1) is 0 Å². The summed E-state index contributed by atoms with van der Waals surface area (Å²) in [6.45, 7) is 0. The molecule has 0 aliphatic heterocycles. The maximum atomic E-state index is 6.85. The van der Waals surface area contributed by atoms with Crippen molar-refractivity contribution in [2.75, 3.05) is 0 Å². The number of furan rings is 1. The van der Waals surface area contributed by atoms with Crippen LogP contribution in [0.15, 0.2) is 174 Å². The van der Waals surface area contributed by atoms with E-state index in [-0.39, 0.29) is 0 Å². The highest BCUT2D eigenvalue weighted by atomic mass is 16.3. The lowest BCUT2D eigenvalue weighted by atomic mass is 9.92. The molecule has 0 fully saturated rings. The summed E-state index contributed by atoms with van der Waals surface area (Å²) in [5.74, 6) is 0.677. The Hall–Kier alpha value is -6.32. The lowest BCUT2D eigenvalue weighted by Crippen LogP contribution is -1.96. The van der Waals surface area contributed by atoms with Gasteiger partial charge in [-0.25, -0.2) is 9.97 Å². The molecule has 0 aliphatic rings. The molecule has 2 heterocycles. The Morgan fingerprint density at radius 1 is 0.383 bits per heavy atom. The summed E-state index contributed by atoms with van der Waals surface area (Å²) in [5, 5.41) is 4.54. The van der Waals surface area contributed by atoms with Crippen LogP contribution in [0.1, 0.15) is 0 Å². The van der Waals surface area contributed by atoms with Crippen LogP contribution in [0, 0.1) is 0 Å².